The maximum absolute atomic E-state index is 11.0. The number of carboxylic acid groups (broad SMARTS) is 1. The molecule has 2 unspecified atom stereocenters. The Labute approximate surface area is 94.7 Å². The van der Waals surface area contributed by atoms with Crippen LogP contribution in [0.5, 0.6) is 0 Å². The summed E-state index contributed by atoms with van der Waals surface area (Å²) in [5, 5.41) is 18.9. The lowest BCUT2D eigenvalue weighted by molar-refractivity contribution is -0.161. The molecule has 1 aromatic carbocycles. The van der Waals surface area contributed by atoms with Gasteiger partial charge in [0.15, 0.2) is 5.60 Å². The summed E-state index contributed by atoms with van der Waals surface area (Å²) in [5.41, 5.74) is 4.83. The van der Waals surface area contributed by atoms with Crippen LogP contribution in [0.3, 0.4) is 0 Å². The molecule has 2 atom stereocenters. The number of carboxylic acids is 1. The van der Waals surface area contributed by atoms with Crippen molar-refractivity contribution >= 4 is 5.97 Å². The molecular formula is C12H17NO3. The largest absolute Gasteiger partial charge is 0.479 e. The fourth-order valence-corrected chi connectivity index (χ4v) is 1.61. The zero-order valence-corrected chi connectivity index (χ0v) is 9.26. The Balaban J connectivity index is 2.78. The fourth-order valence-electron chi connectivity index (χ4n) is 1.61. The van der Waals surface area contributed by atoms with Crippen LogP contribution < -0.4 is 5.73 Å². The molecule has 4 nitrogen and oxygen atoms in total. The molecule has 0 spiro atoms. The van der Waals surface area contributed by atoms with E-state index in [1.807, 2.05) is 30.3 Å². The molecule has 1 rings (SSSR count). The van der Waals surface area contributed by atoms with Gasteiger partial charge in [-0.15, -0.1) is 0 Å². The van der Waals surface area contributed by atoms with Crippen LogP contribution in [0, 0.1) is 0 Å². The first kappa shape index (κ1) is 12.7. The van der Waals surface area contributed by atoms with Crippen molar-refractivity contribution in [3.63, 3.8) is 0 Å². The van der Waals surface area contributed by atoms with Crippen LogP contribution in [0.1, 0.15) is 18.9 Å². The van der Waals surface area contributed by atoms with Crippen molar-refractivity contribution in [2.24, 2.45) is 5.73 Å². The van der Waals surface area contributed by atoms with E-state index in [0.717, 1.165) is 5.56 Å². The molecule has 1 aromatic rings. The van der Waals surface area contributed by atoms with Crippen molar-refractivity contribution in [3.8, 4) is 0 Å². The van der Waals surface area contributed by atoms with Crippen molar-refractivity contribution in [1.29, 1.82) is 0 Å². The first-order chi connectivity index (χ1) is 7.50. The van der Waals surface area contributed by atoms with Gasteiger partial charge >= 0.3 is 5.97 Å². The van der Waals surface area contributed by atoms with E-state index in [-0.39, 0.29) is 6.42 Å². The molecule has 0 bridgehead atoms. The van der Waals surface area contributed by atoms with Gasteiger partial charge in [-0.25, -0.2) is 4.79 Å². The minimum absolute atomic E-state index is 0.0936. The number of carbonyl (C=O) groups is 1. The van der Waals surface area contributed by atoms with Crippen LogP contribution in [-0.2, 0) is 11.2 Å². The smallest absolute Gasteiger partial charge is 0.337 e. The zero-order valence-electron chi connectivity index (χ0n) is 9.26. The second-order valence-corrected chi connectivity index (χ2v) is 3.88. The molecular weight excluding hydrogens is 206 g/mol. The molecule has 88 valence electrons. The molecule has 16 heavy (non-hydrogen) atoms. The summed E-state index contributed by atoms with van der Waals surface area (Å²) in [6, 6.07) is 8.49. The van der Waals surface area contributed by atoms with Crippen LogP contribution in [0.25, 0.3) is 0 Å². The van der Waals surface area contributed by atoms with E-state index in [2.05, 4.69) is 0 Å². The summed E-state index contributed by atoms with van der Waals surface area (Å²) in [6.07, 6.45) is 0.438. The van der Waals surface area contributed by atoms with Crippen molar-refractivity contribution in [3.05, 3.63) is 35.9 Å². The summed E-state index contributed by atoms with van der Waals surface area (Å²) >= 11 is 0. The predicted molar refractivity (Wildman–Crippen MR) is 61.0 cm³/mol. The van der Waals surface area contributed by atoms with Gasteiger partial charge in [0.1, 0.15) is 0 Å². The maximum atomic E-state index is 11.0. The summed E-state index contributed by atoms with van der Waals surface area (Å²) in [4.78, 5) is 11.0. The fraction of sp³-hybridized carbons (Fsp3) is 0.417. The van der Waals surface area contributed by atoms with E-state index >= 15 is 0 Å². The Kier molecular flexibility index (Phi) is 4.04. The lowest BCUT2D eigenvalue weighted by Crippen LogP contribution is -2.54. The third-order valence-corrected chi connectivity index (χ3v) is 2.82. The van der Waals surface area contributed by atoms with Crippen LogP contribution in [-0.4, -0.2) is 27.8 Å². The van der Waals surface area contributed by atoms with Crippen LogP contribution in [0.4, 0.5) is 0 Å². The second kappa shape index (κ2) is 5.09. The number of nitrogens with two attached hydrogens (primary N) is 1. The van der Waals surface area contributed by atoms with Crippen molar-refractivity contribution in [2.45, 2.75) is 31.4 Å². The quantitative estimate of drug-likeness (QED) is 0.689. The Morgan fingerprint density at radius 1 is 1.44 bits per heavy atom. The normalized spacial score (nSPS) is 16.4. The number of benzene rings is 1. The molecule has 0 amide bonds. The van der Waals surface area contributed by atoms with Crippen LogP contribution in [0.15, 0.2) is 30.3 Å². The molecule has 0 aliphatic heterocycles. The van der Waals surface area contributed by atoms with Gasteiger partial charge in [-0.05, 0) is 18.4 Å². The van der Waals surface area contributed by atoms with E-state index in [4.69, 9.17) is 10.8 Å². The molecule has 0 aromatic heterocycles. The highest BCUT2D eigenvalue weighted by Crippen LogP contribution is 2.17. The number of rotatable bonds is 5. The molecule has 4 heteroatoms. The Hall–Kier alpha value is -1.39. The summed E-state index contributed by atoms with van der Waals surface area (Å²) in [5.74, 6) is -1.27. The lowest BCUT2D eigenvalue weighted by atomic mass is 9.87. The highest BCUT2D eigenvalue weighted by molar-refractivity contribution is 5.78. The number of aliphatic hydroxyl groups is 1. The summed E-state index contributed by atoms with van der Waals surface area (Å²) in [6.45, 7) is 1.61. The Morgan fingerprint density at radius 3 is 2.44 bits per heavy atom. The van der Waals surface area contributed by atoms with Crippen molar-refractivity contribution in [1.82, 2.24) is 0 Å². The molecule has 0 saturated carbocycles. The van der Waals surface area contributed by atoms with Gasteiger partial charge in [-0.2, -0.15) is 0 Å². The molecule has 4 N–H and O–H groups in total. The number of hydrogen-bond donors (Lipinski definition) is 3. The van der Waals surface area contributed by atoms with Crippen molar-refractivity contribution < 1.29 is 15.0 Å². The first-order valence-electron chi connectivity index (χ1n) is 5.26. The lowest BCUT2D eigenvalue weighted by Gasteiger charge is -2.28. The number of hydrogen-bond acceptors (Lipinski definition) is 3. The summed E-state index contributed by atoms with van der Waals surface area (Å²) in [7, 11) is 0. The van der Waals surface area contributed by atoms with Gasteiger partial charge in [0.05, 0.1) is 0 Å². The van der Waals surface area contributed by atoms with Crippen molar-refractivity contribution in [2.75, 3.05) is 0 Å². The van der Waals surface area contributed by atoms with Gasteiger partial charge < -0.3 is 15.9 Å². The maximum Gasteiger partial charge on any atom is 0.337 e. The molecule has 0 aliphatic carbocycles. The topological polar surface area (TPSA) is 83.5 Å². The molecule has 0 heterocycles. The van der Waals surface area contributed by atoms with E-state index in [1.165, 1.54) is 0 Å². The van der Waals surface area contributed by atoms with Gasteiger partial charge in [-0.1, -0.05) is 37.3 Å². The number of aliphatic carboxylic acids is 1. The minimum atomic E-state index is -1.85. The molecule has 0 fully saturated rings. The third-order valence-electron chi connectivity index (χ3n) is 2.82. The Bertz CT molecular complexity index is 353. The molecule has 0 saturated heterocycles. The third kappa shape index (κ3) is 2.59. The second-order valence-electron chi connectivity index (χ2n) is 3.88. The van der Waals surface area contributed by atoms with Gasteiger partial charge in [-0.3, -0.25) is 0 Å². The Morgan fingerprint density at radius 2 is 2.00 bits per heavy atom. The average Bonchev–Trinajstić information content (AvgIpc) is 2.28. The SMILES string of the molecule is CCC(O)(C(=O)O)C(N)Cc1ccccc1. The molecule has 0 aliphatic rings. The van der Waals surface area contributed by atoms with Gasteiger partial charge in [0.25, 0.3) is 0 Å². The van der Waals surface area contributed by atoms with Crippen LogP contribution >= 0.6 is 0 Å². The summed E-state index contributed by atoms with van der Waals surface area (Å²) < 4.78 is 0. The van der Waals surface area contributed by atoms with E-state index in [0.29, 0.717) is 6.42 Å². The molecule has 0 radical (unpaired) electrons. The van der Waals surface area contributed by atoms with Gasteiger partial charge in [0.2, 0.25) is 0 Å². The predicted octanol–water partition coefficient (Wildman–Crippen LogP) is 0.782. The van der Waals surface area contributed by atoms with E-state index in [1.54, 1.807) is 6.92 Å². The van der Waals surface area contributed by atoms with Crippen LogP contribution in [0.2, 0.25) is 0 Å². The highest BCUT2D eigenvalue weighted by atomic mass is 16.4. The zero-order chi connectivity index (χ0) is 12.2. The van der Waals surface area contributed by atoms with E-state index < -0.39 is 17.6 Å². The van der Waals surface area contributed by atoms with Gasteiger partial charge in [0, 0.05) is 6.04 Å². The standard InChI is InChI=1S/C12H17NO3/c1-2-12(16,11(14)15)10(13)8-9-6-4-3-5-7-9/h3-7,10,16H,2,8,13H2,1H3,(H,14,15). The highest BCUT2D eigenvalue weighted by Gasteiger charge is 2.40. The average molecular weight is 223 g/mol. The monoisotopic (exact) mass is 223 g/mol. The van der Waals surface area contributed by atoms with E-state index in [9.17, 15) is 9.90 Å². The minimum Gasteiger partial charge on any atom is -0.479 e. The first-order valence-corrected chi connectivity index (χ1v) is 5.26.